The molecule has 1 aliphatic heterocycles. The van der Waals surface area contributed by atoms with Crippen molar-refractivity contribution in [2.75, 3.05) is 6.61 Å². The molecule has 1 saturated heterocycles. The van der Waals surface area contributed by atoms with Crippen molar-refractivity contribution in [1.29, 1.82) is 0 Å². The molecule has 0 aliphatic carbocycles. The van der Waals surface area contributed by atoms with Gasteiger partial charge in [-0.3, -0.25) is 19.2 Å². The Morgan fingerprint density at radius 3 is 2.09 bits per heavy atom. The summed E-state index contributed by atoms with van der Waals surface area (Å²) in [5, 5.41) is 2.66. The van der Waals surface area contributed by atoms with Gasteiger partial charge in [0.2, 0.25) is 12.2 Å². The zero-order chi connectivity index (χ0) is 24.0. The van der Waals surface area contributed by atoms with Crippen molar-refractivity contribution in [1.82, 2.24) is 5.32 Å². The van der Waals surface area contributed by atoms with Crippen molar-refractivity contribution >= 4 is 23.8 Å². The fourth-order valence-electron chi connectivity index (χ4n) is 3.45. The Balaban J connectivity index is 2.47. The Labute approximate surface area is 186 Å². The van der Waals surface area contributed by atoms with Crippen LogP contribution in [0.3, 0.4) is 0 Å². The number of carbonyl (C=O) groups excluding carboxylic acids is 4. The normalized spacial score (nSPS) is 24.8. The number of ether oxygens (including phenoxy) is 5. The molecule has 0 aromatic heterocycles. The number of amides is 1. The zero-order valence-corrected chi connectivity index (χ0v) is 19.0. The summed E-state index contributed by atoms with van der Waals surface area (Å²) >= 11 is 0. The quantitative estimate of drug-likeness (QED) is 0.483. The first-order chi connectivity index (χ1) is 15.0. The third-order valence-electron chi connectivity index (χ3n) is 4.64. The largest absolute Gasteiger partial charge is 0.463 e. The fourth-order valence-corrected chi connectivity index (χ4v) is 3.45. The van der Waals surface area contributed by atoms with Crippen LogP contribution < -0.4 is 10.1 Å². The maximum Gasteiger partial charge on any atom is 0.303 e. The number of aryl methyl sites for hydroxylation is 2. The Kier molecular flexibility index (Phi) is 8.59. The van der Waals surface area contributed by atoms with Crippen molar-refractivity contribution in [3.63, 3.8) is 0 Å². The van der Waals surface area contributed by atoms with Gasteiger partial charge in [-0.25, -0.2) is 0 Å². The molecule has 2 rings (SSSR count). The first-order valence-electron chi connectivity index (χ1n) is 10.1. The van der Waals surface area contributed by atoms with E-state index in [4.69, 9.17) is 23.7 Å². The molecule has 176 valence electrons. The third-order valence-corrected chi connectivity index (χ3v) is 4.64. The highest BCUT2D eigenvalue weighted by molar-refractivity contribution is 5.73. The minimum absolute atomic E-state index is 0.287. The molecule has 10 nitrogen and oxygen atoms in total. The molecular formula is C22H29NO9. The van der Waals surface area contributed by atoms with E-state index in [1.807, 2.05) is 26.0 Å². The van der Waals surface area contributed by atoms with Crippen LogP contribution in [0.4, 0.5) is 0 Å². The Morgan fingerprint density at radius 1 is 0.938 bits per heavy atom. The molecule has 0 radical (unpaired) electrons. The summed E-state index contributed by atoms with van der Waals surface area (Å²) in [5.74, 6) is -1.87. The molecule has 1 aromatic rings. The van der Waals surface area contributed by atoms with Crippen LogP contribution in [0.15, 0.2) is 18.2 Å². The van der Waals surface area contributed by atoms with Crippen molar-refractivity contribution in [2.45, 2.75) is 72.2 Å². The average molecular weight is 451 g/mol. The molecule has 0 saturated carbocycles. The van der Waals surface area contributed by atoms with Gasteiger partial charge in [0.05, 0.1) is 0 Å². The van der Waals surface area contributed by atoms with E-state index >= 15 is 0 Å². The third kappa shape index (κ3) is 6.94. The van der Waals surface area contributed by atoms with E-state index in [1.54, 1.807) is 6.07 Å². The van der Waals surface area contributed by atoms with Gasteiger partial charge in [0.1, 0.15) is 24.5 Å². The maximum absolute atomic E-state index is 11.9. The molecule has 0 unspecified atom stereocenters. The summed E-state index contributed by atoms with van der Waals surface area (Å²) in [7, 11) is 0. The summed E-state index contributed by atoms with van der Waals surface area (Å²) in [4.78, 5) is 46.9. The van der Waals surface area contributed by atoms with E-state index in [0.29, 0.717) is 5.75 Å². The molecule has 1 amide bonds. The van der Waals surface area contributed by atoms with Gasteiger partial charge in [0.25, 0.3) is 0 Å². The first-order valence-corrected chi connectivity index (χ1v) is 10.1. The lowest BCUT2D eigenvalue weighted by molar-refractivity contribution is -0.257. The number of esters is 3. The van der Waals surface area contributed by atoms with Gasteiger partial charge in [-0.2, -0.15) is 0 Å². The van der Waals surface area contributed by atoms with E-state index in [2.05, 4.69) is 5.32 Å². The van der Waals surface area contributed by atoms with E-state index in [1.165, 1.54) is 27.7 Å². The molecular weight excluding hydrogens is 422 g/mol. The van der Waals surface area contributed by atoms with Gasteiger partial charge >= 0.3 is 17.9 Å². The number of rotatable bonds is 7. The van der Waals surface area contributed by atoms with E-state index in [0.717, 1.165) is 11.1 Å². The van der Waals surface area contributed by atoms with Crippen LogP contribution >= 0.6 is 0 Å². The van der Waals surface area contributed by atoms with Crippen LogP contribution in [0.1, 0.15) is 38.8 Å². The van der Waals surface area contributed by atoms with Crippen LogP contribution in [0.25, 0.3) is 0 Å². The van der Waals surface area contributed by atoms with Crippen LogP contribution in [0.5, 0.6) is 5.75 Å². The van der Waals surface area contributed by atoms with Gasteiger partial charge in [0, 0.05) is 27.7 Å². The number of hydrogen-bond acceptors (Lipinski definition) is 9. The summed E-state index contributed by atoms with van der Waals surface area (Å²) in [6.45, 7) is 8.36. The van der Waals surface area contributed by atoms with Crippen molar-refractivity contribution in [3.05, 3.63) is 29.3 Å². The number of benzene rings is 1. The predicted molar refractivity (Wildman–Crippen MR) is 111 cm³/mol. The molecule has 5 atom stereocenters. The van der Waals surface area contributed by atoms with Gasteiger partial charge in [0.15, 0.2) is 12.2 Å². The molecule has 1 fully saturated rings. The molecule has 32 heavy (non-hydrogen) atoms. The average Bonchev–Trinajstić information content (AvgIpc) is 2.65. The second kappa shape index (κ2) is 10.9. The van der Waals surface area contributed by atoms with Gasteiger partial charge < -0.3 is 29.0 Å². The summed E-state index contributed by atoms with van der Waals surface area (Å²) in [6, 6.07) is 4.49. The van der Waals surface area contributed by atoms with E-state index in [-0.39, 0.29) is 6.61 Å². The smallest absolute Gasteiger partial charge is 0.303 e. The maximum atomic E-state index is 11.9. The monoisotopic (exact) mass is 451 g/mol. The van der Waals surface area contributed by atoms with Crippen LogP contribution in [0.2, 0.25) is 0 Å². The second-order valence-electron chi connectivity index (χ2n) is 7.61. The molecule has 1 aromatic carbocycles. The highest BCUT2D eigenvalue weighted by Crippen LogP contribution is 2.30. The first kappa shape index (κ1) is 25.1. The highest BCUT2D eigenvalue weighted by atomic mass is 16.7. The van der Waals surface area contributed by atoms with Gasteiger partial charge in [-0.15, -0.1) is 0 Å². The van der Waals surface area contributed by atoms with Crippen molar-refractivity contribution in [3.8, 4) is 5.75 Å². The number of hydrogen-bond donors (Lipinski definition) is 1. The summed E-state index contributed by atoms with van der Waals surface area (Å²) < 4.78 is 27.9. The zero-order valence-electron chi connectivity index (χ0n) is 19.0. The molecule has 1 N–H and O–H groups in total. The SMILES string of the molecule is CC(=O)N[C@H]1[C@H](Oc2ccc(C)cc2C)O[C@@H](COC(C)=O)[C@@H](OC(C)=O)[C@@H]1OC(C)=O. The minimum atomic E-state index is -1.16. The lowest BCUT2D eigenvalue weighted by Gasteiger charge is -2.44. The lowest BCUT2D eigenvalue weighted by atomic mass is 9.96. The van der Waals surface area contributed by atoms with Crippen LogP contribution in [-0.4, -0.2) is 61.1 Å². The molecule has 0 spiro atoms. The summed E-state index contributed by atoms with van der Waals surface area (Å²) in [5.41, 5.74) is 1.84. The second-order valence-corrected chi connectivity index (χ2v) is 7.61. The Morgan fingerprint density at radius 2 is 1.56 bits per heavy atom. The molecule has 1 aliphatic rings. The Bertz CT molecular complexity index is 869. The molecule has 1 heterocycles. The highest BCUT2D eigenvalue weighted by Gasteiger charge is 2.52. The molecule has 0 bridgehead atoms. The van der Waals surface area contributed by atoms with Gasteiger partial charge in [-0.05, 0) is 25.5 Å². The van der Waals surface area contributed by atoms with Crippen molar-refractivity contribution in [2.24, 2.45) is 0 Å². The minimum Gasteiger partial charge on any atom is -0.463 e. The van der Waals surface area contributed by atoms with Crippen molar-refractivity contribution < 1.29 is 42.9 Å². The van der Waals surface area contributed by atoms with Crippen LogP contribution in [0, 0.1) is 13.8 Å². The van der Waals surface area contributed by atoms with Crippen LogP contribution in [-0.2, 0) is 38.1 Å². The van der Waals surface area contributed by atoms with E-state index in [9.17, 15) is 19.2 Å². The topological polar surface area (TPSA) is 126 Å². The molecule has 10 heteroatoms. The lowest BCUT2D eigenvalue weighted by Crippen LogP contribution is -2.67. The fraction of sp³-hybridized carbons (Fsp3) is 0.545. The standard InChI is InChI=1S/C22H29NO9/c1-11-7-8-17(12(2)9-11)31-22-19(23-13(3)24)21(30-16(6)27)20(29-15(5)26)18(32-22)10-28-14(4)25/h7-9,18-22H,10H2,1-6H3,(H,23,24)/t18-,19+,20+,21+,22+/m0/s1. The number of nitrogens with one attached hydrogen (secondary N) is 1. The number of carbonyl (C=O) groups is 4. The predicted octanol–water partition coefficient (Wildman–Crippen LogP) is 1.34. The Hall–Kier alpha value is -3.14. The van der Waals surface area contributed by atoms with E-state index < -0.39 is 54.5 Å². The summed E-state index contributed by atoms with van der Waals surface area (Å²) in [6.07, 6.45) is -4.48. The van der Waals surface area contributed by atoms with Gasteiger partial charge in [-0.1, -0.05) is 17.7 Å².